The molecule has 8 nitrogen and oxygen atoms in total. The summed E-state index contributed by atoms with van der Waals surface area (Å²) in [4.78, 5) is 41.5. The summed E-state index contributed by atoms with van der Waals surface area (Å²) in [6.45, 7) is 3.62. The maximum Gasteiger partial charge on any atom is 0.410 e. The fourth-order valence-electron chi connectivity index (χ4n) is 6.28. The van der Waals surface area contributed by atoms with Gasteiger partial charge in [0.2, 0.25) is 11.8 Å². The number of hydrogen-bond donors (Lipinski definition) is 2. The van der Waals surface area contributed by atoms with E-state index in [-0.39, 0.29) is 36.3 Å². The summed E-state index contributed by atoms with van der Waals surface area (Å²) in [7, 11) is 1.53. The van der Waals surface area contributed by atoms with Crippen molar-refractivity contribution in [2.45, 2.75) is 44.9 Å². The molecule has 0 saturated carbocycles. The van der Waals surface area contributed by atoms with Gasteiger partial charge in [-0.15, -0.1) is 0 Å². The molecular weight excluding hydrogens is 571 g/mol. The second kappa shape index (κ2) is 12.4. The lowest BCUT2D eigenvalue weighted by Gasteiger charge is -2.40. The first kappa shape index (κ1) is 29.9. The van der Waals surface area contributed by atoms with E-state index in [0.717, 1.165) is 33.5 Å². The van der Waals surface area contributed by atoms with Crippen LogP contribution >= 0.6 is 0 Å². The Balaban J connectivity index is 1.07. The van der Waals surface area contributed by atoms with Crippen LogP contribution in [0.5, 0.6) is 0 Å². The zero-order valence-electron chi connectivity index (χ0n) is 25.4. The molecule has 4 aromatic rings. The minimum Gasteiger partial charge on any atom is -0.436 e. The molecule has 0 aromatic heterocycles. The smallest absolute Gasteiger partial charge is 0.410 e. The first-order valence-electron chi connectivity index (χ1n) is 15.1. The quantitative estimate of drug-likeness (QED) is 0.231. The third kappa shape index (κ3) is 5.98. The van der Waals surface area contributed by atoms with Crippen molar-refractivity contribution >= 4 is 35.0 Å². The van der Waals surface area contributed by atoms with Crippen LogP contribution in [-0.2, 0) is 14.3 Å². The van der Waals surface area contributed by atoms with E-state index < -0.39 is 12.2 Å². The Morgan fingerprint density at radius 1 is 0.889 bits per heavy atom. The molecule has 1 aliphatic carbocycles. The maximum atomic E-state index is 14.2. The van der Waals surface area contributed by atoms with Gasteiger partial charge in [-0.1, -0.05) is 55.5 Å². The minimum atomic E-state index is -0.598. The Bertz CT molecular complexity index is 1710. The van der Waals surface area contributed by atoms with E-state index in [1.165, 1.54) is 24.1 Å². The van der Waals surface area contributed by atoms with Crippen molar-refractivity contribution in [3.8, 4) is 11.1 Å². The lowest BCUT2D eigenvalue weighted by Crippen LogP contribution is -2.44. The molecule has 2 N–H and O–H groups in total. The Kier molecular flexibility index (Phi) is 8.26. The van der Waals surface area contributed by atoms with Crippen molar-refractivity contribution in [2.24, 2.45) is 0 Å². The predicted molar refractivity (Wildman–Crippen MR) is 173 cm³/mol. The van der Waals surface area contributed by atoms with Gasteiger partial charge in [-0.3, -0.25) is 9.59 Å². The molecule has 230 valence electrons. The van der Waals surface area contributed by atoms with Crippen molar-refractivity contribution in [2.75, 3.05) is 29.1 Å². The van der Waals surface area contributed by atoms with Crippen molar-refractivity contribution in [1.82, 2.24) is 4.90 Å². The number of halogens is 1. The van der Waals surface area contributed by atoms with E-state index in [0.29, 0.717) is 24.2 Å². The van der Waals surface area contributed by atoms with Crippen molar-refractivity contribution in [3.05, 3.63) is 114 Å². The number of benzene rings is 4. The first-order chi connectivity index (χ1) is 21.7. The van der Waals surface area contributed by atoms with Crippen LogP contribution in [0.25, 0.3) is 11.1 Å². The van der Waals surface area contributed by atoms with Gasteiger partial charge >= 0.3 is 6.09 Å². The third-order valence-corrected chi connectivity index (χ3v) is 8.41. The largest absolute Gasteiger partial charge is 0.436 e. The standard InChI is InChI=1S/C36H35FN4O4/c1-4-34(43)41-22(2)19-31(30-20-23(37)13-18-32(30)41)38-24-14-16-25(17-15-24)39-33(42)21-40(3)36(44)45-35-28-11-7-5-9-26(28)27-10-6-8-12-29(27)35/h5-18,20,22,31,35,38H,4,19,21H2,1-3H3,(H,39,42)/t22-,31+/m0/s1. The van der Waals surface area contributed by atoms with Gasteiger partial charge in [-0.25, -0.2) is 9.18 Å². The van der Waals surface area contributed by atoms with Crippen LogP contribution in [0.1, 0.15) is 55.5 Å². The molecule has 0 unspecified atom stereocenters. The Morgan fingerprint density at radius 2 is 1.51 bits per heavy atom. The molecule has 0 fully saturated rings. The average Bonchev–Trinajstić information content (AvgIpc) is 3.35. The molecule has 2 atom stereocenters. The number of carbonyl (C=O) groups excluding carboxylic acids is 3. The second-order valence-corrected chi connectivity index (χ2v) is 11.5. The number of amides is 3. The van der Waals surface area contributed by atoms with Crippen LogP contribution in [0, 0.1) is 5.82 Å². The molecule has 2 aliphatic rings. The summed E-state index contributed by atoms with van der Waals surface area (Å²) in [5.74, 6) is -0.723. The topological polar surface area (TPSA) is 91.0 Å². The molecule has 0 bridgehead atoms. The lowest BCUT2D eigenvalue weighted by atomic mass is 9.91. The van der Waals surface area contributed by atoms with Crippen molar-refractivity contribution in [3.63, 3.8) is 0 Å². The highest BCUT2D eigenvalue weighted by molar-refractivity contribution is 5.95. The van der Waals surface area contributed by atoms with E-state index >= 15 is 0 Å². The highest BCUT2D eigenvalue weighted by Gasteiger charge is 2.34. The fraction of sp³-hybridized carbons (Fsp3) is 0.250. The average molecular weight is 607 g/mol. The maximum absolute atomic E-state index is 14.2. The van der Waals surface area contributed by atoms with Gasteiger partial charge in [0.15, 0.2) is 6.10 Å². The van der Waals surface area contributed by atoms with Crippen LogP contribution in [0.15, 0.2) is 91.0 Å². The fourth-order valence-corrected chi connectivity index (χ4v) is 6.28. The number of carbonyl (C=O) groups is 3. The SMILES string of the molecule is CCC(=O)N1c2ccc(F)cc2[C@H](Nc2ccc(NC(=O)CN(C)C(=O)OC3c4ccccc4-c4ccccc43)cc2)C[C@@H]1C. The number of fused-ring (bicyclic) bond motifs is 4. The summed E-state index contributed by atoms with van der Waals surface area (Å²) in [6.07, 6.45) is -0.159. The molecule has 4 aromatic carbocycles. The van der Waals surface area contributed by atoms with Gasteiger partial charge in [0.1, 0.15) is 12.4 Å². The first-order valence-corrected chi connectivity index (χ1v) is 15.1. The molecule has 6 rings (SSSR count). The zero-order valence-corrected chi connectivity index (χ0v) is 25.4. The number of hydrogen-bond acceptors (Lipinski definition) is 5. The van der Waals surface area contributed by atoms with Gasteiger partial charge in [0.25, 0.3) is 0 Å². The lowest BCUT2D eigenvalue weighted by molar-refractivity contribution is -0.119. The summed E-state index contributed by atoms with van der Waals surface area (Å²) < 4.78 is 20.1. The van der Waals surface area contributed by atoms with E-state index in [9.17, 15) is 18.8 Å². The highest BCUT2D eigenvalue weighted by Crippen LogP contribution is 2.45. The van der Waals surface area contributed by atoms with E-state index in [1.807, 2.05) is 74.5 Å². The van der Waals surface area contributed by atoms with Gasteiger partial charge in [-0.05, 0) is 66.9 Å². The molecule has 3 amide bonds. The molecule has 0 spiro atoms. The van der Waals surface area contributed by atoms with Crippen LogP contribution in [-0.4, -0.2) is 42.4 Å². The summed E-state index contributed by atoms with van der Waals surface area (Å²) in [6, 6.07) is 27.1. The van der Waals surface area contributed by atoms with Gasteiger partial charge in [-0.2, -0.15) is 0 Å². The van der Waals surface area contributed by atoms with Gasteiger partial charge in [0, 0.05) is 53.3 Å². The number of rotatable bonds is 7. The Labute approximate surface area is 261 Å². The number of nitrogens with one attached hydrogen (secondary N) is 2. The minimum absolute atomic E-state index is 0.00186. The highest BCUT2D eigenvalue weighted by atomic mass is 19.1. The number of ether oxygens (including phenoxy) is 1. The zero-order chi connectivity index (χ0) is 31.7. The van der Waals surface area contributed by atoms with E-state index in [1.54, 1.807) is 23.1 Å². The number of anilines is 3. The summed E-state index contributed by atoms with van der Waals surface area (Å²) in [5, 5.41) is 6.29. The number of nitrogens with zero attached hydrogens (tertiary/aromatic N) is 2. The van der Waals surface area contributed by atoms with Crippen LogP contribution < -0.4 is 15.5 Å². The second-order valence-electron chi connectivity index (χ2n) is 11.5. The van der Waals surface area contributed by atoms with Crippen LogP contribution in [0.2, 0.25) is 0 Å². The molecule has 9 heteroatoms. The number of likely N-dealkylation sites (N-methyl/N-ethyl adjacent to an activating group) is 1. The third-order valence-electron chi connectivity index (χ3n) is 8.41. The van der Waals surface area contributed by atoms with Gasteiger partial charge in [0.05, 0.1) is 6.04 Å². The van der Waals surface area contributed by atoms with Crippen molar-refractivity contribution < 1.29 is 23.5 Å². The molecule has 45 heavy (non-hydrogen) atoms. The normalized spacial score (nSPS) is 16.7. The van der Waals surface area contributed by atoms with Crippen LogP contribution in [0.4, 0.5) is 26.2 Å². The molecule has 1 heterocycles. The van der Waals surface area contributed by atoms with Gasteiger partial charge < -0.3 is 25.2 Å². The molecule has 1 aliphatic heterocycles. The monoisotopic (exact) mass is 606 g/mol. The summed E-state index contributed by atoms with van der Waals surface area (Å²) >= 11 is 0. The molecular formula is C36H35FN4O4. The van der Waals surface area contributed by atoms with Crippen LogP contribution in [0.3, 0.4) is 0 Å². The predicted octanol–water partition coefficient (Wildman–Crippen LogP) is 7.29. The Hall–Kier alpha value is -5.18. The molecule has 0 radical (unpaired) electrons. The molecule has 0 saturated heterocycles. The van der Waals surface area contributed by atoms with Crippen molar-refractivity contribution in [1.29, 1.82) is 0 Å². The Morgan fingerprint density at radius 3 is 2.16 bits per heavy atom. The van der Waals surface area contributed by atoms with E-state index in [2.05, 4.69) is 10.6 Å². The summed E-state index contributed by atoms with van der Waals surface area (Å²) in [5.41, 5.74) is 6.70. The van der Waals surface area contributed by atoms with E-state index in [4.69, 9.17) is 4.74 Å².